The SMILES string of the molecule is CCCCN(C(=O)c1c(-c2ccccc2F)nn2c1COCC2)C(C)Cn1ccc(-c2ccc(F)cn2)n1. The Hall–Kier alpha value is -3.92. The van der Waals surface area contributed by atoms with Crippen LogP contribution in [0.25, 0.3) is 22.6 Å². The van der Waals surface area contributed by atoms with Gasteiger partial charge in [-0.25, -0.2) is 8.78 Å². The molecule has 0 fully saturated rings. The Morgan fingerprint density at radius 2 is 1.97 bits per heavy atom. The first kappa shape index (κ1) is 25.7. The molecule has 0 radical (unpaired) electrons. The summed E-state index contributed by atoms with van der Waals surface area (Å²) in [7, 11) is 0. The molecule has 1 aromatic carbocycles. The van der Waals surface area contributed by atoms with E-state index < -0.39 is 11.6 Å². The van der Waals surface area contributed by atoms with Crippen molar-refractivity contribution in [2.75, 3.05) is 13.2 Å². The first-order chi connectivity index (χ1) is 18.5. The van der Waals surface area contributed by atoms with Gasteiger partial charge in [-0.2, -0.15) is 10.2 Å². The van der Waals surface area contributed by atoms with Crippen LogP contribution in [-0.2, 0) is 24.4 Å². The third-order valence-corrected chi connectivity index (χ3v) is 6.71. The number of aromatic nitrogens is 5. The van der Waals surface area contributed by atoms with Gasteiger partial charge in [-0.1, -0.05) is 25.5 Å². The van der Waals surface area contributed by atoms with Gasteiger partial charge >= 0.3 is 0 Å². The summed E-state index contributed by atoms with van der Waals surface area (Å²) in [5, 5.41) is 9.24. The highest BCUT2D eigenvalue weighted by Crippen LogP contribution is 2.31. The molecule has 3 aromatic heterocycles. The highest BCUT2D eigenvalue weighted by molar-refractivity contribution is 6.01. The van der Waals surface area contributed by atoms with E-state index in [1.165, 1.54) is 12.1 Å². The number of hydrogen-bond donors (Lipinski definition) is 0. The molecule has 1 unspecified atom stereocenters. The number of ether oxygens (including phenoxy) is 1. The van der Waals surface area contributed by atoms with Gasteiger partial charge in [0, 0.05) is 24.3 Å². The van der Waals surface area contributed by atoms with Crippen LogP contribution in [0.15, 0.2) is 54.9 Å². The number of fused-ring (bicyclic) bond motifs is 1. The Labute approximate surface area is 219 Å². The van der Waals surface area contributed by atoms with Crippen molar-refractivity contribution < 1.29 is 18.3 Å². The zero-order valence-corrected chi connectivity index (χ0v) is 21.5. The van der Waals surface area contributed by atoms with Crippen molar-refractivity contribution in [2.24, 2.45) is 0 Å². The van der Waals surface area contributed by atoms with Crippen molar-refractivity contribution in [2.45, 2.75) is 52.4 Å². The molecular weight excluding hydrogens is 490 g/mol. The Morgan fingerprint density at radius 3 is 2.74 bits per heavy atom. The summed E-state index contributed by atoms with van der Waals surface area (Å²) >= 11 is 0. The summed E-state index contributed by atoms with van der Waals surface area (Å²) in [5.41, 5.74) is 2.87. The third kappa shape index (κ3) is 5.22. The first-order valence-electron chi connectivity index (χ1n) is 12.8. The highest BCUT2D eigenvalue weighted by Gasteiger charge is 2.32. The number of nitrogens with zero attached hydrogens (tertiary/aromatic N) is 6. The van der Waals surface area contributed by atoms with E-state index in [9.17, 15) is 13.6 Å². The molecule has 38 heavy (non-hydrogen) atoms. The van der Waals surface area contributed by atoms with Crippen molar-refractivity contribution in [1.82, 2.24) is 29.4 Å². The molecule has 1 aliphatic heterocycles. The first-order valence-corrected chi connectivity index (χ1v) is 12.8. The fourth-order valence-corrected chi connectivity index (χ4v) is 4.71. The Kier molecular flexibility index (Phi) is 7.59. The van der Waals surface area contributed by atoms with Gasteiger partial charge in [0.2, 0.25) is 0 Å². The molecule has 4 heterocycles. The van der Waals surface area contributed by atoms with Gasteiger partial charge in [-0.15, -0.1) is 0 Å². The third-order valence-electron chi connectivity index (χ3n) is 6.71. The van der Waals surface area contributed by atoms with E-state index in [4.69, 9.17) is 4.74 Å². The molecule has 1 atom stereocenters. The van der Waals surface area contributed by atoms with Crippen LogP contribution in [0.4, 0.5) is 8.78 Å². The van der Waals surface area contributed by atoms with Crippen molar-refractivity contribution >= 4 is 5.91 Å². The van der Waals surface area contributed by atoms with Crippen LogP contribution < -0.4 is 0 Å². The second-order valence-corrected chi connectivity index (χ2v) is 9.41. The van der Waals surface area contributed by atoms with Crippen LogP contribution >= 0.6 is 0 Å². The molecule has 0 N–H and O–H groups in total. The lowest BCUT2D eigenvalue weighted by atomic mass is 10.0. The second kappa shape index (κ2) is 11.2. The van der Waals surface area contributed by atoms with E-state index >= 15 is 0 Å². The number of carbonyl (C=O) groups is 1. The molecule has 5 rings (SSSR count). The number of pyridine rings is 1. The van der Waals surface area contributed by atoms with Crippen molar-refractivity contribution in [3.05, 3.63) is 77.8 Å². The van der Waals surface area contributed by atoms with Gasteiger partial charge in [-0.05, 0) is 43.7 Å². The quantitative estimate of drug-likeness (QED) is 0.312. The van der Waals surface area contributed by atoms with Crippen LogP contribution in [0.1, 0.15) is 42.7 Å². The van der Waals surface area contributed by atoms with Gasteiger partial charge in [0.25, 0.3) is 5.91 Å². The number of benzene rings is 1. The van der Waals surface area contributed by atoms with Crippen molar-refractivity contribution in [3.63, 3.8) is 0 Å². The molecule has 8 nitrogen and oxygen atoms in total. The van der Waals surface area contributed by atoms with Crippen molar-refractivity contribution in [1.29, 1.82) is 0 Å². The van der Waals surface area contributed by atoms with Crippen LogP contribution in [0.2, 0.25) is 0 Å². The maximum absolute atomic E-state index is 14.9. The maximum atomic E-state index is 14.9. The van der Waals surface area contributed by atoms with E-state index in [2.05, 4.69) is 22.1 Å². The van der Waals surface area contributed by atoms with Crippen LogP contribution in [-0.4, -0.2) is 54.5 Å². The lowest BCUT2D eigenvalue weighted by molar-refractivity contribution is 0.0634. The number of halogens is 2. The standard InChI is InChI=1S/C28H30F2N6O2/c1-3-4-12-35(19(2)17-34-13-11-24(32-34)23-10-9-20(29)16-31-23)28(37)26-25-18-38-15-14-36(25)33-27(26)21-7-5-6-8-22(21)30/h5-11,13,16,19H,3-4,12,14-15,17-18H2,1-2H3. The van der Waals surface area contributed by atoms with Crippen LogP contribution in [0.5, 0.6) is 0 Å². The summed E-state index contributed by atoms with van der Waals surface area (Å²) in [4.78, 5) is 20.1. The molecular formula is C28H30F2N6O2. The summed E-state index contributed by atoms with van der Waals surface area (Å²) < 4.78 is 37.3. The number of hydrogen-bond acceptors (Lipinski definition) is 5. The average molecular weight is 521 g/mol. The summed E-state index contributed by atoms with van der Waals surface area (Å²) in [5.74, 6) is -1.04. The molecule has 1 aliphatic rings. The minimum absolute atomic E-state index is 0.205. The average Bonchev–Trinajstić information content (AvgIpc) is 3.54. The molecule has 0 aliphatic carbocycles. The zero-order chi connectivity index (χ0) is 26.6. The minimum atomic E-state index is -0.426. The number of unbranched alkanes of at least 4 members (excludes halogenated alkanes) is 1. The molecule has 10 heteroatoms. The lowest BCUT2D eigenvalue weighted by Gasteiger charge is -2.30. The highest BCUT2D eigenvalue weighted by atomic mass is 19.1. The van der Waals surface area contributed by atoms with E-state index in [1.54, 1.807) is 33.6 Å². The fraction of sp³-hybridized carbons (Fsp3) is 0.357. The fourth-order valence-electron chi connectivity index (χ4n) is 4.71. The predicted octanol–water partition coefficient (Wildman–Crippen LogP) is 4.95. The van der Waals surface area contributed by atoms with Gasteiger partial charge < -0.3 is 9.64 Å². The van der Waals surface area contributed by atoms with E-state index in [0.29, 0.717) is 60.1 Å². The van der Waals surface area contributed by atoms with Crippen molar-refractivity contribution in [3.8, 4) is 22.6 Å². The molecule has 0 saturated carbocycles. The lowest BCUT2D eigenvalue weighted by Crippen LogP contribution is -2.42. The topological polar surface area (TPSA) is 78.1 Å². The van der Waals surface area contributed by atoms with E-state index in [0.717, 1.165) is 19.0 Å². The van der Waals surface area contributed by atoms with Gasteiger partial charge in [0.15, 0.2) is 0 Å². The molecule has 4 aromatic rings. The van der Waals surface area contributed by atoms with Gasteiger partial charge in [0.1, 0.15) is 23.0 Å². The van der Waals surface area contributed by atoms with E-state index in [1.807, 2.05) is 24.1 Å². The molecule has 0 bridgehead atoms. The monoisotopic (exact) mass is 520 g/mol. The smallest absolute Gasteiger partial charge is 0.258 e. The Morgan fingerprint density at radius 1 is 1.13 bits per heavy atom. The minimum Gasteiger partial charge on any atom is -0.373 e. The largest absolute Gasteiger partial charge is 0.373 e. The summed E-state index contributed by atoms with van der Waals surface area (Å²) in [6.45, 7) is 6.24. The van der Waals surface area contributed by atoms with Crippen LogP contribution in [0.3, 0.4) is 0 Å². The number of amides is 1. The normalized spacial score (nSPS) is 13.8. The van der Waals surface area contributed by atoms with Gasteiger partial charge in [0.05, 0.1) is 49.5 Å². The molecule has 1 amide bonds. The summed E-state index contributed by atoms with van der Waals surface area (Å²) in [6, 6.07) is 10.9. The number of carbonyl (C=O) groups excluding carboxylic acids is 1. The van der Waals surface area contributed by atoms with E-state index in [-0.39, 0.29) is 18.6 Å². The maximum Gasteiger partial charge on any atom is 0.258 e. The predicted molar refractivity (Wildman–Crippen MR) is 138 cm³/mol. The zero-order valence-electron chi connectivity index (χ0n) is 21.5. The molecule has 198 valence electrons. The Balaban J connectivity index is 1.46. The number of rotatable bonds is 9. The summed E-state index contributed by atoms with van der Waals surface area (Å²) in [6.07, 6.45) is 4.70. The van der Waals surface area contributed by atoms with Crippen LogP contribution in [0, 0.1) is 11.6 Å². The molecule has 0 saturated heterocycles. The van der Waals surface area contributed by atoms with Gasteiger partial charge in [-0.3, -0.25) is 19.1 Å². The molecule has 0 spiro atoms. The second-order valence-electron chi connectivity index (χ2n) is 9.41. The Bertz CT molecular complexity index is 1420.